The van der Waals surface area contributed by atoms with Gasteiger partial charge in [-0.25, -0.2) is 76.1 Å². The molecule has 6 atom stereocenters. The average Bonchev–Trinajstić information content (AvgIpc) is 0.764. The number of rotatable bonds is 18. The van der Waals surface area contributed by atoms with E-state index in [-0.39, 0.29) is 127 Å². The number of piperazine rings is 3. The number of halogens is 7. The largest absolute Gasteiger partial charge is 0.355 e. The summed E-state index contributed by atoms with van der Waals surface area (Å²) in [6.45, 7) is 47.1. The zero-order chi connectivity index (χ0) is 95.2. The number of carbonyl (C=O) groups excluding carboxylic acids is 3. The van der Waals surface area contributed by atoms with Gasteiger partial charge in [-0.2, -0.15) is 15.0 Å². The number of hydrogen-bond donors (Lipinski definition) is 0. The van der Waals surface area contributed by atoms with Gasteiger partial charge in [0.15, 0.2) is 21.7 Å². The Morgan fingerprint density at radius 2 is 0.763 bits per heavy atom. The Labute approximate surface area is 782 Å². The molecule has 27 nitrogen and oxygen atoms in total. The number of nitrogens with zero attached hydrogens (tertiary/aromatic N) is 21. The number of aryl methyl sites for hydroxylation is 1. The first-order valence-electron chi connectivity index (χ1n) is 43.5. The van der Waals surface area contributed by atoms with E-state index in [1.54, 1.807) is 87.6 Å². The normalized spacial score (nSPS) is 17.1. The van der Waals surface area contributed by atoms with E-state index in [1.807, 2.05) is 157 Å². The van der Waals surface area contributed by atoms with Crippen molar-refractivity contribution in [2.45, 2.75) is 184 Å². The average molecular weight is 1910 g/mol. The number of aromatic nitrogens is 14. The summed E-state index contributed by atoms with van der Waals surface area (Å²) in [7, 11) is 3.74. The first-order chi connectivity index (χ1) is 62.1. The summed E-state index contributed by atoms with van der Waals surface area (Å²) >= 11 is 23.9. The Bertz CT molecular complexity index is 6670. The summed E-state index contributed by atoms with van der Waals surface area (Å²) in [6.07, 6.45) is 5.65. The summed E-state index contributed by atoms with van der Waals surface area (Å²) in [5.74, 6) is -0.482. The Balaban J connectivity index is 0.000000168. The number of carbonyl (C=O) groups is 3. The van der Waals surface area contributed by atoms with E-state index in [4.69, 9.17) is 59.7 Å². The molecule has 3 aliphatic heterocycles. The number of pyridine rings is 4. The van der Waals surface area contributed by atoms with E-state index in [0.717, 1.165) is 11.3 Å². The van der Waals surface area contributed by atoms with Gasteiger partial charge in [0.1, 0.15) is 34.9 Å². The van der Waals surface area contributed by atoms with Crippen LogP contribution in [0.2, 0.25) is 15.1 Å². The van der Waals surface area contributed by atoms with Gasteiger partial charge in [0.05, 0.1) is 93.8 Å². The zero-order valence-corrected chi connectivity index (χ0v) is 80.6. The lowest BCUT2D eigenvalue weighted by molar-refractivity contribution is -0.129. The van der Waals surface area contributed by atoms with Gasteiger partial charge in [-0.1, -0.05) is 160 Å². The smallest absolute Gasteiger partial charge is 0.349 e. The maximum atomic E-state index is 15.2. The second kappa shape index (κ2) is 39.5. The fraction of sp³-hybridized carbons (Fsp3) is 0.371. The van der Waals surface area contributed by atoms with Gasteiger partial charge in [-0.05, 0) is 178 Å². The number of anilines is 4. The highest BCUT2D eigenvalue weighted by Gasteiger charge is 2.40. The molecule has 3 amide bonds. The molecule has 9 aromatic heterocycles. The van der Waals surface area contributed by atoms with Crippen LogP contribution in [0, 0.1) is 24.4 Å². The second-order valence-corrected chi connectivity index (χ2v) is 37.1. The quantitative estimate of drug-likeness (QED) is 0.0570. The molecule has 0 spiro atoms. The molecule has 0 saturated carbocycles. The van der Waals surface area contributed by atoms with Crippen LogP contribution < -0.4 is 36.7 Å². The van der Waals surface area contributed by atoms with E-state index in [2.05, 4.69) is 65.6 Å². The van der Waals surface area contributed by atoms with Crippen molar-refractivity contribution < 1.29 is 27.6 Å². The maximum Gasteiger partial charge on any atom is 0.355 e. The molecule has 684 valence electrons. The molecule has 34 heteroatoms. The molecule has 0 radical (unpaired) electrons. The van der Waals surface area contributed by atoms with E-state index >= 15 is 8.78 Å². The molecule has 0 aliphatic carbocycles. The molecular weight excluding hydrogens is 1800 g/mol. The number of hydrogen-bond acceptors (Lipinski definition) is 21. The predicted octanol–water partition coefficient (Wildman–Crippen LogP) is 18.3. The highest BCUT2D eigenvalue weighted by atomic mass is 79.9. The molecular formula is C97H106BrCl3F3N21O6. The van der Waals surface area contributed by atoms with Crippen LogP contribution in [-0.4, -0.2) is 191 Å². The van der Waals surface area contributed by atoms with Crippen LogP contribution in [0.15, 0.2) is 160 Å². The third-order valence-electron chi connectivity index (χ3n) is 23.7. The Kier molecular flexibility index (Phi) is 29.0. The Hall–Kier alpha value is -12.2. The second-order valence-electron chi connectivity index (χ2n) is 35.1. The minimum Gasteiger partial charge on any atom is -0.349 e. The lowest BCUT2D eigenvalue weighted by Crippen LogP contribution is -2.58. The van der Waals surface area contributed by atoms with Gasteiger partial charge in [-0.3, -0.25) is 19.4 Å². The first-order valence-corrected chi connectivity index (χ1v) is 45.4. The molecule has 3 fully saturated rings. The summed E-state index contributed by atoms with van der Waals surface area (Å²) in [5.41, 5.74) is 6.55. The van der Waals surface area contributed by atoms with Crippen molar-refractivity contribution in [2.24, 2.45) is 0 Å². The van der Waals surface area contributed by atoms with Crippen molar-refractivity contribution in [3.05, 3.63) is 244 Å². The van der Waals surface area contributed by atoms with Gasteiger partial charge in [0, 0.05) is 113 Å². The van der Waals surface area contributed by atoms with Crippen LogP contribution in [0.25, 0.3) is 83.9 Å². The minimum absolute atomic E-state index is 0.0119. The van der Waals surface area contributed by atoms with Crippen LogP contribution in [0.5, 0.6) is 0 Å². The molecule has 12 aromatic rings. The highest BCUT2D eigenvalue weighted by Crippen LogP contribution is 2.43. The van der Waals surface area contributed by atoms with Crippen LogP contribution in [0.4, 0.5) is 36.6 Å². The van der Waals surface area contributed by atoms with E-state index in [1.165, 1.54) is 56.2 Å². The molecule has 0 N–H and O–H groups in total. The summed E-state index contributed by atoms with van der Waals surface area (Å²) < 4.78 is 49.2. The topological polar surface area (TPSA) is 282 Å². The fourth-order valence-electron chi connectivity index (χ4n) is 17.1. The summed E-state index contributed by atoms with van der Waals surface area (Å²) in [6, 6.07) is 24.4. The predicted molar refractivity (Wildman–Crippen MR) is 517 cm³/mol. The van der Waals surface area contributed by atoms with Crippen molar-refractivity contribution in [1.82, 2.24) is 83.2 Å². The molecule has 3 saturated heterocycles. The number of benzene rings is 3. The van der Waals surface area contributed by atoms with Crippen LogP contribution in [0.3, 0.4) is 0 Å². The summed E-state index contributed by atoms with van der Waals surface area (Å²) in [5, 5.41) is 2.29. The Morgan fingerprint density at radius 3 is 1.10 bits per heavy atom. The van der Waals surface area contributed by atoms with Crippen LogP contribution in [0.1, 0.15) is 174 Å². The third kappa shape index (κ3) is 19.1. The van der Waals surface area contributed by atoms with Crippen LogP contribution >= 0.6 is 50.7 Å². The lowest BCUT2D eigenvalue weighted by atomic mass is 10.0. The van der Waals surface area contributed by atoms with E-state index in [0.29, 0.717) is 145 Å². The molecule has 15 rings (SSSR count). The molecule has 3 aliphatic rings. The number of amides is 3. The SMILES string of the molecule is C=CC(=O)N1CC(C)N(c2nc(=O)n(-c3c(C(C)C)nc(Br)nc3C(C)C)c3nc(-c4ccccc4F)c(Cl)cc23)CC1C.C=CC(=O)N1CC(C)N(c2nc(=O)n(-c3c(C(C)C)nc(N(C)C)nc3C(C)C)c3nc(-c4ccccc4F)c(Cl)cc23)CC1C.C=CC(=O)N1CC(C)N(c2nc(=O)n(-c3c(C)ccnc3C(C)C)c3nc(-c4cccc(F)c4)c(Cl)cc23)CC1C. The lowest BCUT2D eigenvalue weighted by Gasteiger charge is -2.44. The van der Waals surface area contributed by atoms with E-state index in [9.17, 15) is 33.2 Å². The van der Waals surface area contributed by atoms with Gasteiger partial charge < -0.3 is 34.3 Å². The van der Waals surface area contributed by atoms with Gasteiger partial charge in [0.25, 0.3) is 0 Å². The standard InChI is InChI=1S/C34H40ClFN8O2.C32H34BrClFN7O2.C31H32ClFN6O2/c1-10-26(45)42-16-21(7)43(17-20(42)6)31-23-15-24(35)29(22-13-11-12-14-25(22)36)37-32(23)44(34(46)40-31)30-27(18(2)3)38-33(41(8)9)39-28(30)19(4)5;1-8-24(43)40-14-19(7)41(15-18(40)6)29-21-13-22(34)27(20-11-9-10-12-23(20)35)36-30(21)42(32(44)39-29)28-25(16(2)3)37-31(33)38-26(28)17(4)5;1-7-25(40)37-15-20(6)38(16-19(37)5)29-23-14-24(32)27(21-9-8-10-22(33)13-21)35-30(23)39(31(41)36-29)28-18(4)11-12-34-26(28)17(2)3/h10-15,18-21H,1,16-17H2,2-9H3;8-13,16-19H,1,14-15H2,2-7H3;7-14,17,19-20H,1,15-16H2,2-6H3. The maximum absolute atomic E-state index is 15.2. The summed E-state index contributed by atoms with van der Waals surface area (Å²) in [4.78, 5) is 146. The Morgan fingerprint density at radius 1 is 0.427 bits per heavy atom. The van der Waals surface area contributed by atoms with Gasteiger partial charge >= 0.3 is 17.1 Å². The van der Waals surface area contributed by atoms with Crippen molar-refractivity contribution in [3.63, 3.8) is 0 Å². The van der Waals surface area contributed by atoms with Crippen molar-refractivity contribution in [3.8, 4) is 50.8 Å². The minimum atomic E-state index is -0.582. The monoisotopic (exact) mass is 1900 g/mol. The number of fused-ring (bicyclic) bond motifs is 3. The van der Waals surface area contributed by atoms with Gasteiger partial charge in [-0.15, -0.1) is 0 Å². The third-order valence-corrected chi connectivity index (χ3v) is 24.9. The van der Waals surface area contributed by atoms with E-state index < -0.39 is 34.5 Å². The molecule has 12 heterocycles. The molecule has 3 aromatic carbocycles. The molecule has 0 bridgehead atoms. The van der Waals surface area contributed by atoms with Crippen molar-refractivity contribution in [1.29, 1.82) is 0 Å². The fourth-order valence-corrected chi connectivity index (χ4v) is 18.3. The zero-order valence-electron chi connectivity index (χ0n) is 76.7. The first kappa shape index (κ1) is 96.4. The van der Waals surface area contributed by atoms with Gasteiger partial charge in [0.2, 0.25) is 23.7 Å². The van der Waals surface area contributed by atoms with Crippen molar-refractivity contribution in [2.75, 3.05) is 73.0 Å². The van der Waals surface area contributed by atoms with Crippen molar-refractivity contribution >= 4 is 125 Å². The molecule has 6 unspecified atom stereocenters. The van der Waals surface area contributed by atoms with Crippen LogP contribution in [-0.2, 0) is 14.4 Å². The molecule has 131 heavy (non-hydrogen) atoms. The highest BCUT2D eigenvalue weighted by molar-refractivity contribution is 9.10.